The zero-order valence-corrected chi connectivity index (χ0v) is 19.8. The van der Waals surface area contributed by atoms with E-state index in [1.807, 2.05) is 25.3 Å². The zero-order valence-electron chi connectivity index (χ0n) is 18.2. The summed E-state index contributed by atoms with van der Waals surface area (Å²) in [6.45, 7) is 4.47. The van der Waals surface area contributed by atoms with Gasteiger partial charge in [0.25, 0.3) is 0 Å². The molecule has 0 bridgehead atoms. The molecule has 3 N–H and O–H groups in total. The SMILES string of the molecule is Cc1csc(C2(CN)[C@@H]3CN(c4cnc5c(-c6ccc7nccnc7c6Cl)n[nH]c5n4)C[C@@H]32)n1. The van der Waals surface area contributed by atoms with Crippen LogP contribution in [0.2, 0.25) is 5.02 Å². The first kappa shape index (κ1) is 20.2. The van der Waals surface area contributed by atoms with E-state index < -0.39 is 0 Å². The van der Waals surface area contributed by atoms with Gasteiger partial charge < -0.3 is 10.6 Å². The molecule has 170 valence electrons. The maximum absolute atomic E-state index is 6.65. The fourth-order valence-corrected chi connectivity index (χ4v) is 6.95. The van der Waals surface area contributed by atoms with Crippen molar-refractivity contribution in [3.63, 3.8) is 0 Å². The van der Waals surface area contributed by atoms with E-state index in [0.717, 1.165) is 35.7 Å². The van der Waals surface area contributed by atoms with Gasteiger partial charge in [0.15, 0.2) is 5.65 Å². The summed E-state index contributed by atoms with van der Waals surface area (Å²) in [6.07, 6.45) is 5.09. The van der Waals surface area contributed by atoms with Gasteiger partial charge in [0.05, 0.1) is 16.7 Å². The fraction of sp³-hybridized carbons (Fsp3) is 0.304. The van der Waals surface area contributed by atoms with Crippen molar-refractivity contribution in [2.45, 2.75) is 12.3 Å². The predicted molar refractivity (Wildman–Crippen MR) is 132 cm³/mol. The number of hydrogen-bond acceptors (Lipinski definition) is 9. The van der Waals surface area contributed by atoms with Crippen LogP contribution < -0.4 is 10.6 Å². The summed E-state index contributed by atoms with van der Waals surface area (Å²) in [4.78, 5) is 25.3. The summed E-state index contributed by atoms with van der Waals surface area (Å²) in [5, 5.41) is 11.3. The van der Waals surface area contributed by atoms with E-state index in [-0.39, 0.29) is 5.41 Å². The summed E-state index contributed by atoms with van der Waals surface area (Å²) < 4.78 is 0. The maximum atomic E-state index is 6.65. The van der Waals surface area contributed by atoms with Crippen molar-refractivity contribution in [3.05, 3.63) is 51.8 Å². The summed E-state index contributed by atoms with van der Waals surface area (Å²) in [6, 6.07) is 3.78. The van der Waals surface area contributed by atoms with Crippen molar-refractivity contribution in [1.82, 2.24) is 35.1 Å². The summed E-state index contributed by atoms with van der Waals surface area (Å²) in [5.74, 6) is 1.83. The van der Waals surface area contributed by atoms with Gasteiger partial charge in [-0.1, -0.05) is 11.6 Å². The van der Waals surface area contributed by atoms with Gasteiger partial charge in [-0.15, -0.1) is 11.3 Å². The molecule has 9 nitrogen and oxygen atoms in total. The number of anilines is 1. The quantitative estimate of drug-likeness (QED) is 0.394. The normalized spacial score (nSPS) is 23.7. The Morgan fingerprint density at radius 1 is 1.15 bits per heavy atom. The number of thiazole rings is 1. The van der Waals surface area contributed by atoms with Gasteiger partial charge in [-0.3, -0.25) is 15.1 Å². The van der Waals surface area contributed by atoms with Crippen LogP contribution >= 0.6 is 22.9 Å². The first-order valence-electron chi connectivity index (χ1n) is 11.1. The van der Waals surface area contributed by atoms with Crippen LogP contribution in [0.4, 0.5) is 5.82 Å². The zero-order chi connectivity index (χ0) is 23.0. The van der Waals surface area contributed by atoms with Crippen LogP contribution in [0.3, 0.4) is 0 Å². The average molecular weight is 490 g/mol. The minimum atomic E-state index is 0.0177. The number of nitrogens with two attached hydrogens (primary N) is 1. The number of aryl methyl sites for hydroxylation is 1. The average Bonchev–Trinajstić information content (AvgIpc) is 3.35. The van der Waals surface area contributed by atoms with Gasteiger partial charge in [-0.05, 0) is 30.9 Å². The molecule has 1 saturated heterocycles. The third-order valence-corrected chi connectivity index (χ3v) is 8.84. The van der Waals surface area contributed by atoms with Crippen molar-refractivity contribution in [1.29, 1.82) is 0 Å². The third-order valence-electron chi connectivity index (χ3n) is 7.30. The molecule has 2 fully saturated rings. The number of hydrogen-bond donors (Lipinski definition) is 2. The second-order valence-electron chi connectivity index (χ2n) is 9.01. The van der Waals surface area contributed by atoms with Gasteiger partial charge in [0.1, 0.15) is 27.6 Å². The van der Waals surface area contributed by atoms with Crippen LogP contribution in [0.25, 0.3) is 33.5 Å². The summed E-state index contributed by atoms with van der Waals surface area (Å²) >= 11 is 8.39. The molecule has 3 atom stereocenters. The molecule has 11 heteroatoms. The van der Waals surface area contributed by atoms with E-state index in [1.54, 1.807) is 23.7 Å². The van der Waals surface area contributed by atoms with Crippen molar-refractivity contribution in [3.8, 4) is 11.3 Å². The molecule has 1 aliphatic heterocycles. The van der Waals surface area contributed by atoms with Gasteiger partial charge in [-0.2, -0.15) is 5.10 Å². The number of nitrogens with zero attached hydrogens (tertiary/aromatic N) is 7. The lowest BCUT2D eigenvalue weighted by molar-refractivity contribution is 0.549. The smallest absolute Gasteiger partial charge is 0.177 e. The highest BCUT2D eigenvalue weighted by atomic mass is 35.5. The number of aromatic amines is 1. The Hall–Kier alpha value is -3.21. The highest BCUT2D eigenvalue weighted by Gasteiger charge is 2.69. The molecule has 1 saturated carbocycles. The Morgan fingerprint density at radius 3 is 2.74 bits per heavy atom. The molecule has 1 aliphatic carbocycles. The first-order valence-corrected chi connectivity index (χ1v) is 12.3. The lowest BCUT2D eigenvalue weighted by atomic mass is 10.0. The molecular formula is C23H20ClN9S. The Balaban J connectivity index is 1.19. The van der Waals surface area contributed by atoms with Crippen molar-refractivity contribution in [2.75, 3.05) is 24.5 Å². The first-order chi connectivity index (χ1) is 16.6. The third kappa shape index (κ3) is 2.70. The molecule has 0 radical (unpaired) electrons. The topological polar surface area (TPSA) is 122 Å². The van der Waals surface area contributed by atoms with Crippen LogP contribution in [-0.4, -0.2) is 54.8 Å². The van der Waals surface area contributed by atoms with Crippen molar-refractivity contribution in [2.24, 2.45) is 17.6 Å². The fourth-order valence-electron chi connectivity index (χ4n) is 5.52. The molecule has 2 aliphatic rings. The highest BCUT2D eigenvalue weighted by Crippen LogP contribution is 2.63. The molecule has 5 heterocycles. The Labute approximate surface area is 203 Å². The molecule has 0 spiro atoms. The molecular weight excluding hydrogens is 470 g/mol. The molecule has 4 aromatic heterocycles. The number of piperidine rings is 1. The lowest BCUT2D eigenvalue weighted by Gasteiger charge is -2.25. The second-order valence-corrected chi connectivity index (χ2v) is 10.2. The van der Waals surface area contributed by atoms with E-state index in [4.69, 9.17) is 32.3 Å². The summed E-state index contributed by atoms with van der Waals surface area (Å²) in [5.41, 5.74) is 11.4. The van der Waals surface area contributed by atoms with E-state index in [9.17, 15) is 0 Å². The van der Waals surface area contributed by atoms with Crippen LogP contribution in [0, 0.1) is 18.8 Å². The van der Waals surface area contributed by atoms with Gasteiger partial charge in [0.2, 0.25) is 0 Å². The highest BCUT2D eigenvalue weighted by molar-refractivity contribution is 7.09. The van der Waals surface area contributed by atoms with Crippen LogP contribution in [0.15, 0.2) is 36.1 Å². The van der Waals surface area contributed by atoms with E-state index in [0.29, 0.717) is 45.8 Å². The number of halogens is 1. The number of rotatable bonds is 4. The van der Waals surface area contributed by atoms with Crippen LogP contribution in [0.1, 0.15) is 10.7 Å². The predicted octanol–water partition coefficient (Wildman–Crippen LogP) is 3.34. The van der Waals surface area contributed by atoms with Crippen LogP contribution in [0.5, 0.6) is 0 Å². The molecule has 34 heavy (non-hydrogen) atoms. The summed E-state index contributed by atoms with van der Waals surface area (Å²) in [7, 11) is 0. The number of fused-ring (bicyclic) bond motifs is 3. The molecule has 1 aromatic carbocycles. The van der Waals surface area contributed by atoms with Gasteiger partial charge in [0, 0.05) is 54.1 Å². The largest absolute Gasteiger partial charge is 0.355 e. The molecule has 0 amide bonds. The van der Waals surface area contributed by atoms with E-state index >= 15 is 0 Å². The van der Waals surface area contributed by atoms with Gasteiger partial charge >= 0.3 is 0 Å². The van der Waals surface area contributed by atoms with Gasteiger partial charge in [-0.25, -0.2) is 15.0 Å². The molecule has 5 aromatic rings. The van der Waals surface area contributed by atoms with E-state index in [2.05, 4.69) is 30.4 Å². The number of H-pyrrole nitrogens is 1. The minimum absolute atomic E-state index is 0.0177. The number of nitrogens with one attached hydrogen (secondary N) is 1. The number of aromatic nitrogens is 7. The minimum Gasteiger partial charge on any atom is -0.355 e. The number of benzene rings is 1. The Bertz CT molecular complexity index is 1570. The molecule has 1 unspecified atom stereocenters. The van der Waals surface area contributed by atoms with Crippen molar-refractivity contribution >= 4 is 51.0 Å². The van der Waals surface area contributed by atoms with Crippen molar-refractivity contribution < 1.29 is 0 Å². The second kappa shape index (κ2) is 7.14. The molecule has 7 rings (SSSR count). The van der Waals surface area contributed by atoms with Crippen LogP contribution in [-0.2, 0) is 5.41 Å². The maximum Gasteiger partial charge on any atom is 0.177 e. The Kier molecular flexibility index (Phi) is 4.24. The monoisotopic (exact) mass is 489 g/mol. The standard InChI is InChI=1S/C23H20ClN9S/c1-11-9-34-22(29-11)23(10-25)13-7-33(8-14(13)23)16-6-28-20-18(31-32-21(20)30-16)12-2-3-15-19(17(12)24)27-5-4-26-15/h2-6,9,13-14H,7-8,10,25H2,1H3,(H,30,31,32)/t13-,14+,23?. The lowest BCUT2D eigenvalue weighted by Crippen LogP contribution is -2.35. The Morgan fingerprint density at radius 2 is 1.97 bits per heavy atom. The van der Waals surface area contributed by atoms with E-state index in [1.165, 1.54) is 5.01 Å².